The molecule has 2 aromatic rings. The van der Waals surface area contributed by atoms with Crippen molar-refractivity contribution in [3.63, 3.8) is 0 Å². The predicted molar refractivity (Wildman–Crippen MR) is 92.7 cm³/mol. The minimum Gasteiger partial charge on any atom is -0.493 e. The molecule has 0 aromatic heterocycles. The molecule has 0 radical (unpaired) electrons. The Labute approximate surface area is 145 Å². The number of carbonyl (C=O) groups excluding carboxylic acids is 1. The van der Waals surface area contributed by atoms with Crippen molar-refractivity contribution in [2.24, 2.45) is 0 Å². The van der Waals surface area contributed by atoms with Crippen LogP contribution >= 0.6 is 0 Å². The van der Waals surface area contributed by atoms with E-state index in [2.05, 4.69) is 0 Å². The summed E-state index contributed by atoms with van der Waals surface area (Å²) in [6, 6.07) is 13.6. The number of non-ortho nitro benzene ring substituents is 1. The summed E-state index contributed by atoms with van der Waals surface area (Å²) in [7, 11) is 3.11. The van der Waals surface area contributed by atoms with Crippen molar-refractivity contribution in [1.29, 1.82) is 0 Å². The van der Waals surface area contributed by atoms with Crippen molar-refractivity contribution in [2.75, 3.05) is 14.2 Å². The van der Waals surface area contributed by atoms with E-state index in [1.54, 1.807) is 18.9 Å². The summed E-state index contributed by atoms with van der Waals surface area (Å²) in [5, 5.41) is 10.9. The van der Waals surface area contributed by atoms with Gasteiger partial charge in [0.05, 0.1) is 18.1 Å². The fourth-order valence-electron chi connectivity index (χ4n) is 2.36. The first-order valence-electron chi connectivity index (χ1n) is 7.70. The van der Waals surface area contributed by atoms with Gasteiger partial charge >= 0.3 is 0 Å². The molecule has 1 atom stereocenters. The lowest BCUT2D eigenvalue weighted by molar-refractivity contribution is -0.385. The summed E-state index contributed by atoms with van der Waals surface area (Å²) in [6.07, 6.45) is -0.815. The molecule has 25 heavy (non-hydrogen) atoms. The van der Waals surface area contributed by atoms with E-state index < -0.39 is 11.0 Å². The number of nitro groups is 1. The van der Waals surface area contributed by atoms with Crippen LogP contribution < -0.4 is 9.47 Å². The number of benzene rings is 2. The summed E-state index contributed by atoms with van der Waals surface area (Å²) in [6.45, 7) is 2.04. The molecule has 0 saturated heterocycles. The second kappa shape index (κ2) is 8.14. The van der Waals surface area contributed by atoms with E-state index in [-0.39, 0.29) is 17.3 Å². The maximum Gasteiger partial charge on any atom is 0.273 e. The smallest absolute Gasteiger partial charge is 0.273 e. The Morgan fingerprint density at radius 3 is 2.48 bits per heavy atom. The summed E-state index contributed by atoms with van der Waals surface area (Å²) in [5.74, 6) is 0.249. The van der Waals surface area contributed by atoms with Crippen LogP contribution in [-0.4, -0.2) is 36.0 Å². The van der Waals surface area contributed by atoms with Crippen LogP contribution in [0.5, 0.6) is 11.5 Å². The van der Waals surface area contributed by atoms with E-state index in [0.29, 0.717) is 12.3 Å². The van der Waals surface area contributed by atoms with Crippen LogP contribution in [-0.2, 0) is 11.3 Å². The van der Waals surface area contributed by atoms with Crippen LogP contribution in [0.15, 0.2) is 48.5 Å². The SMILES string of the molecule is COc1ccc([N+](=O)[O-])cc1O[C@H](C)C(=O)N(C)Cc1ccccc1. The van der Waals surface area contributed by atoms with Gasteiger partial charge < -0.3 is 14.4 Å². The van der Waals surface area contributed by atoms with Gasteiger partial charge in [-0.15, -0.1) is 0 Å². The average molecular weight is 344 g/mol. The minimum atomic E-state index is -0.815. The maximum absolute atomic E-state index is 12.5. The summed E-state index contributed by atoms with van der Waals surface area (Å²) >= 11 is 0. The van der Waals surface area contributed by atoms with E-state index in [0.717, 1.165) is 5.56 Å². The molecule has 0 N–H and O–H groups in total. The Morgan fingerprint density at radius 2 is 1.88 bits per heavy atom. The third-order valence-electron chi connectivity index (χ3n) is 3.65. The van der Waals surface area contributed by atoms with Crippen LogP contribution in [0, 0.1) is 10.1 Å². The second-order valence-electron chi connectivity index (χ2n) is 5.53. The monoisotopic (exact) mass is 344 g/mol. The van der Waals surface area contributed by atoms with Gasteiger partial charge in [-0.05, 0) is 18.6 Å². The van der Waals surface area contributed by atoms with Crippen molar-refractivity contribution in [3.8, 4) is 11.5 Å². The maximum atomic E-state index is 12.5. The van der Waals surface area contributed by atoms with Crippen molar-refractivity contribution >= 4 is 11.6 Å². The Bertz CT molecular complexity index is 748. The quantitative estimate of drug-likeness (QED) is 0.569. The normalized spacial score (nSPS) is 11.5. The fraction of sp³-hybridized carbons (Fsp3) is 0.278. The molecule has 2 aromatic carbocycles. The molecule has 1 amide bonds. The number of carbonyl (C=O) groups is 1. The highest BCUT2D eigenvalue weighted by Crippen LogP contribution is 2.32. The zero-order chi connectivity index (χ0) is 18.4. The zero-order valence-corrected chi connectivity index (χ0v) is 14.3. The lowest BCUT2D eigenvalue weighted by Gasteiger charge is -2.22. The van der Waals surface area contributed by atoms with Crippen molar-refractivity contribution < 1.29 is 19.2 Å². The summed E-state index contributed by atoms with van der Waals surface area (Å²) in [4.78, 5) is 24.4. The molecule has 0 aliphatic rings. The second-order valence-corrected chi connectivity index (χ2v) is 5.53. The Kier molecular flexibility index (Phi) is 5.94. The number of likely N-dealkylation sites (N-methyl/N-ethyl adjacent to an activating group) is 1. The number of methoxy groups -OCH3 is 1. The molecule has 0 aliphatic carbocycles. The van der Waals surface area contributed by atoms with Gasteiger partial charge in [0.2, 0.25) is 0 Å². The standard InChI is InChI=1S/C18H20N2O5/c1-13(18(21)19(2)12-14-7-5-4-6-8-14)25-17-11-15(20(22)23)9-10-16(17)24-3/h4-11,13H,12H2,1-3H3/t13-/m1/s1. The molecule has 7 nitrogen and oxygen atoms in total. The largest absolute Gasteiger partial charge is 0.493 e. The van der Waals surface area contributed by atoms with E-state index in [1.807, 2.05) is 30.3 Å². The van der Waals surface area contributed by atoms with Gasteiger partial charge in [0.1, 0.15) is 0 Å². The number of hydrogen-bond donors (Lipinski definition) is 0. The van der Waals surface area contributed by atoms with Crippen LogP contribution in [0.1, 0.15) is 12.5 Å². The highest BCUT2D eigenvalue weighted by Gasteiger charge is 2.22. The topological polar surface area (TPSA) is 81.9 Å². The molecule has 0 spiro atoms. The highest BCUT2D eigenvalue weighted by atomic mass is 16.6. The molecule has 0 unspecified atom stereocenters. The molecule has 2 rings (SSSR count). The fourth-order valence-corrected chi connectivity index (χ4v) is 2.36. The number of ether oxygens (including phenoxy) is 2. The zero-order valence-electron chi connectivity index (χ0n) is 14.3. The average Bonchev–Trinajstić information content (AvgIpc) is 2.61. The predicted octanol–water partition coefficient (Wildman–Crippen LogP) is 3.03. The highest BCUT2D eigenvalue weighted by molar-refractivity contribution is 5.80. The lowest BCUT2D eigenvalue weighted by atomic mass is 10.2. The first-order chi connectivity index (χ1) is 11.9. The van der Waals surface area contributed by atoms with Crippen LogP contribution in [0.3, 0.4) is 0 Å². The Morgan fingerprint density at radius 1 is 1.20 bits per heavy atom. The molecule has 7 heteroatoms. The molecule has 0 bridgehead atoms. The van der Waals surface area contributed by atoms with E-state index in [9.17, 15) is 14.9 Å². The Hall–Kier alpha value is -3.09. The van der Waals surface area contributed by atoms with Gasteiger partial charge in [-0.2, -0.15) is 0 Å². The van der Waals surface area contributed by atoms with Crippen molar-refractivity contribution in [3.05, 3.63) is 64.2 Å². The van der Waals surface area contributed by atoms with Gasteiger partial charge in [-0.25, -0.2) is 0 Å². The number of rotatable bonds is 7. The molecule has 132 valence electrons. The molecule has 0 aliphatic heterocycles. The number of nitrogens with zero attached hydrogens (tertiary/aromatic N) is 2. The molecular formula is C18H20N2O5. The van der Waals surface area contributed by atoms with Gasteiger partial charge in [-0.3, -0.25) is 14.9 Å². The third-order valence-corrected chi connectivity index (χ3v) is 3.65. The van der Waals surface area contributed by atoms with Crippen molar-refractivity contribution in [1.82, 2.24) is 4.90 Å². The minimum absolute atomic E-state index is 0.131. The molecular weight excluding hydrogens is 324 g/mol. The van der Waals surface area contributed by atoms with Crippen LogP contribution in [0.25, 0.3) is 0 Å². The first kappa shape index (κ1) is 18.3. The molecule has 0 fully saturated rings. The van der Waals surface area contributed by atoms with Crippen molar-refractivity contribution in [2.45, 2.75) is 19.6 Å². The van der Waals surface area contributed by atoms with Gasteiger partial charge in [-0.1, -0.05) is 30.3 Å². The molecule has 0 heterocycles. The van der Waals surface area contributed by atoms with Gasteiger partial charge in [0.25, 0.3) is 11.6 Å². The summed E-state index contributed by atoms with van der Waals surface area (Å²) in [5.41, 5.74) is 0.867. The third kappa shape index (κ3) is 4.69. The van der Waals surface area contributed by atoms with Gasteiger partial charge in [0, 0.05) is 19.7 Å². The number of hydrogen-bond acceptors (Lipinski definition) is 5. The van der Waals surface area contributed by atoms with Crippen LogP contribution in [0.2, 0.25) is 0 Å². The number of nitro benzene ring substituents is 1. The van der Waals surface area contributed by atoms with E-state index in [4.69, 9.17) is 9.47 Å². The Balaban J connectivity index is 2.10. The number of amides is 1. The van der Waals surface area contributed by atoms with Gasteiger partial charge in [0.15, 0.2) is 17.6 Å². The van der Waals surface area contributed by atoms with Crippen LogP contribution in [0.4, 0.5) is 5.69 Å². The summed E-state index contributed by atoms with van der Waals surface area (Å²) < 4.78 is 10.8. The molecule has 0 saturated carbocycles. The van der Waals surface area contributed by atoms with E-state index in [1.165, 1.54) is 25.3 Å². The first-order valence-corrected chi connectivity index (χ1v) is 7.70. The lowest BCUT2D eigenvalue weighted by Crippen LogP contribution is -2.37. The van der Waals surface area contributed by atoms with E-state index >= 15 is 0 Å².